The number of para-hydroxylation sites is 1. The molecule has 1 atom stereocenters. The number of carbonyl (C=O) groups is 1. The molecule has 1 aromatic carbocycles. The molecule has 92 valence electrons. The van der Waals surface area contributed by atoms with Gasteiger partial charge >= 0.3 is 0 Å². The molecule has 0 bridgehead atoms. The van der Waals surface area contributed by atoms with Gasteiger partial charge < -0.3 is 14.7 Å². The quantitative estimate of drug-likeness (QED) is 0.846. The first kappa shape index (κ1) is 12.1. The molecule has 1 heterocycles. The molecule has 4 heteroatoms. The summed E-state index contributed by atoms with van der Waals surface area (Å²) in [6, 6.07) is 7.77. The summed E-state index contributed by atoms with van der Waals surface area (Å²) in [4.78, 5) is 13.4. The summed E-state index contributed by atoms with van der Waals surface area (Å²) < 4.78 is 5.06. The number of methoxy groups -OCH3 is 1. The molecule has 4 nitrogen and oxygen atoms in total. The topological polar surface area (TPSA) is 49.8 Å². The number of amides is 1. The van der Waals surface area contributed by atoms with Crippen LogP contribution in [0.15, 0.2) is 24.3 Å². The van der Waals surface area contributed by atoms with Crippen molar-refractivity contribution in [3.63, 3.8) is 0 Å². The Morgan fingerprint density at radius 1 is 1.47 bits per heavy atom. The van der Waals surface area contributed by atoms with Gasteiger partial charge in [-0.1, -0.05) is 18.2 Å². The highest BCUT2D eigenvalue weighted by molar-refractivity contribution is 5.96. The molecule has 1 saturated heterocycles. The van der Waals surface area contributed by atoms with Gasteiger partial charge in [-0.15, -0.1) is 0 Å². The van der Waals surface area contributed by atoms with Crippen LogP contribution in [-0.2, 0) is 16.0 Å². The molecule has 1 aliphatic rings. The van der Waals surface area contributed by atoms with E-state index in [1.165, 1.54) is 0 Å². The normalized spacial score (nSPS) is 20.0. The average molecular weight is 235 g/mol. The number of hydrogen-bond donors (Lipinski definition) is 1. The minimum atomic E-state index is -0.544. The van der Waals surface area contributed by atoms with Crippen LogP contribution in [0.4, 0.5) is 5.69 Å². The Morgan fingerprint density at radius 3 is 2.88 bits per heavy atom. The summed E-state index contributed by atoms with van der Waals surface area (Å²) in [6.45, 7) is 1.02. The monoisotopic (exact) mass is 235 g/mol. The molecule has 0 aromatic heterocycles. The van der Waals surface area contributed by atoms with Gasteiger partial charge in [0.05, 0.1) is 25.7 Å². The van der Waals surface area contributed by atoms with Crippen LogP contribution in [0.3, 0.4) is 0 Å². The van der Waals surface area contributed by atoms with Crippen LogP contribution in [0.2, 0.25) is 0 Å². The Hall–Kier alpha value is -1.39. The number of aliphatic hydroxyl groups excluding tert-OH is 1. The molecule has 1 aromatic rings. The van der Waals surface area contributed by atoms with Crippen molar-refractivity contribution in [1.29, 1.82) is 0 Å². The molecule has 2 rings (SSSR count). The molecule has 1 unspecified atom stereocenters. The fraction of sp³-hybridized carbons (Fsp3) is 0.462. The van der Waals surface area contributed by atoms with Gasteiger partial charge in [-0.25, -0.2) is 0 Å². The van der Waals surface area contributed by atoms with E-state index in [0.29, 0.717) is 13.2 Å². The maximum atomic E-state index is 11.7. The lowest BCUT2D eigenvalue weighted by molar-refractivity contribution is -0.117. The molecule has 1 amide bonds. The number of carbonyl (C=O) groups excluding carboxylic acids is 1. The molecule has 0 radical (unpaired) electrons. The smallest absolute Gasteiger partial charge is 0.229 e. The van der Waals surface area contributed by atoms with E-state index in [1.807, 2.05) is 24.3 Å². The number of nitrogens with zero attached hydrogens (tertiary/aromatic N) is 1. The van der Waals surface area contributed by atoms with E-state index in [9.17, 15) is 9.90 Å². The molecule has 0 spiro atoms. The van der Waals surface area contributed by atoms with Gasteiger partial charge in [-0.05, 0) is 18.1 Å². The lowest BCUT2D eigenvalue weighted by Crippen LogP contribution is -2.26. The first-order valence-corrected chi connectivity index (χ1v) is 5.77. The Balaban J connectivity index is 2.22. The van der Waals surface area contributed by atoms with Crippen molar-refractivity contribution in [3.05, 3.63) is 29.8 Å². The molecule has 17 heavy (non-hydrogen) atoms. The minimum absolute atomic E-state index is 0.0117. The second-order valence-electron chi connectivity index (χ2n) is 4.23. The SMILES string of the molecule is COCCc1ccccc1N1CC(O)CC1=O. The summed E-state index contributed by atoms with van der Waals surface area (Å²) >= 11 is 0. The zero-order valence-electron chi connectivity index (χ0n) is 9.93. The van der Waals surface area contributed by atoms with Crippen molar-refractivity contribution in [1.82, 2.24) is 0 Å². The van der Waals surface area contributed by atoms with Crippen molar-refractivity contribution in [3.8, 4) is 0 Å². The fourth-order valence-electron chi connectivity index (χ4n) is 2.12. The number of hydrogen-bond acceptors (Lipinski definition) is 3. The van der Waals surface area contributed by atoms with Gasteiger partial charge in [0.2, 0.25) is 5.91 Å². The highest BCUT2D eigenvalue weighted by atomic mass is 16.5. The number of ether oxygens (including phenoxy) is 1. The lowest BCUT2D eigenvalue weighted by atomic mass is 10.1. The molecular weight excluding hydrogens is 218 g/mol. The fourth-order valence-corrected chi connectivity index (χ4v) is 2.12. The Bertz CT molecular complexity index is 405. The summed E-state index contributed by atoms with van der Waals surface area (Å²) in [6.07, 6.45) is 0.448. The van der Waals surface area contributed by atoms with Gasteiger partial charge in [0.15, 0.2) is 0 Å². The number of aliphatic hydroxyl groups is 1. The van der Waals surface area contributed by atoms with Gasteiger partial charge in [-0.3, -0.25) is 4.79 Å². The van der Waals surface area contributed by atoms with Crippen molar-refractivity contribution < 1.29 is 14.6 Å². The summed E-state index contributed by atoms with van der Waals surface area (Å²) in [7, 11) is 1.66. The number of benzene rings is 1. The summed E-state index contributed by atoms with van der Waals surface area (Å²) in [5.74, 6) is -0.0117. The van der Waals surface area contributed by atoms with Crippen LogP contribution in [-0.4, -0.2) is 37.4 Å². The zero-order valence-corrected chi connectivity index (χ0v) is 9.93. The first-order chi connectivity index (χ1) is 8.22. The third-order valence-electron chi connectivity index (χ3n) is 2.96. The van der Waals surface area contributed by atoms with Crippen molar-refractivity contribution >= 4 is 11.6 Å². The second kappa shape index (κ2) is 5.29. The van der Waals surface area contributed by atoms with E-state index < -0.39 is 6.10 Å². The predicted octanol–water partition coefficient (Wildman–Crippen LogP) is 0.973. The molecule has 1 N–H and O–H groups in total. The lowest BCUT2D eigenvalue weighted by Gasteiger charge is -2.19. The van der Waals surface area contributed by atoms with Crippen LogP contribution in [0, 0.1) is 0 Å². The van der Waals surface area contributed by atoms with E-state index >= 15 is 0 Å². The van der Waals surface area contributed by atoms with E-state index in [1.54, 1.807) is 12.0 Å². The average Bonchev–Trinajstić information content (AvgIpc) is 2.66. The number of rotatable bonds is 4. The summed E-state index contributed by atoms with van der Waals surface area (Å²) in [5.41, 5.74) is 1.97. The molecule has 1 aliphatic heterocycles. The largest absolute Gasteiger partial charge is 0.391 e. The van der Waals surface area contributed by atoms with E-state index in [2.05, 4.69) is 0 Å². The second-order valence-corrected chi connectivity index (χ2v) is 4.23. The van der Waals surface area contributed by atoms with Gasteiger partial charge in [0.25, 0.3) is 0 Å². The Morgan fingerprint density at radius 2 is 2.24 bits per heavy atom. The summed E-state index contributed by atoms with van der Waals surface area (Å²) in [5, 5.41) is 9.51. The van der Waals surface area contributed by atoms with Crippen LogP contribution < -0.4 is 4.90 Å². The van der Waals surface area contributed by atoms with Crippen LogP contribution >= 0.6 is 0 Å². The highest BCUT2D eigenvalue weighted by Gasteiger charge is 2.29. The number of anilines is 1. The van der Waals surface area contributed by atoms with Crippen molar-refractivity contribution in [2.24, 2.45) is 0 Å². The van der Waals surface area contributed by atoms with Crippen molar-refractivity contribution in [2.45, 2.75) is 18.9 Å². The number of β-amino-alcohol motifs (C(OH)–C–C–N with tert-alkyl or cyclic N) is 1. The van der Waals surface area contributed by atoms with E-state index in [0.717, 1.165) is 17.7 Å². The van der Waals surface area contributed by atoms with Crippen LogP contribution in [0.25, 0.3) is 0 Å². The Kier molecular flexibility index (Phi) is 3.76. The van der Waals surface area contributed by atoms with Crippen LogP contribution in [0.5, 0.6) is 0 Å². The predicted molar refractivity (Wildman–Crippen MR) is 65.0 cm³/mol. The zero-order chi connectivity index (χ0) is 12.3. The molecular formula is C13H17NO3. The maximum Gasteiger partial charge on any atom is 0.229 e. The van der Waals surface area contributed by atoms with Gasteiger partial charge in [0, 0.05) is 12.8 Å². The molecule has 0 saturated carbocycles. The van der Waals surface area contributed by atoms with Gasteiger partial charge in [0.1, 0.15) is 0 Å². The molecule has 1 fully saturated rings. The third kappa shape index (κ3) is 2.65. The molecule has 0 aliphatic carbocycles. The maximum absolute atomic E-state index is 11.7. The minimum Gasteiger partial charge on any atom is -0.391 e. The van der Waals surface area contributed by atoms with E-state index in [-0.39, 0.29) is 12.3 Å². The van der Waals surface area contributed by atoms with Gasteiger partial charge in [-0.2, -0.15) is 0 Å². The standard InChI is InChI=1S/C13H17NO3/c1-17-7-6-10-4-2-3-5-12(10)14-9-11(15)8-13(14)16/h2-5,11,15H,6-9H2,1H3. The third-order valence-corrected chi connectivity index (χ3v) is 2.96. The Labute approximate surface area is 101 Å². The first-order valence-electron chi connectivity index (χ1n) is 5.77. The highest BCUT2D eigenvalue weighted by Crippen LogP contribution is 2.25. The van der Waals surface area contributed by atoms with Crippen LogP contribution in [0.1, 0.15) is 12.0 Å². The van der Waals surface area contributed by atoms with E-state index in [4.69, 9.17) is 4.74 Å². The van der Waals surface area contributed by atoms with Crippen molar-refractivity contribution in [2.75, 3.05) is 25.2 Å².